The number of hydrogen-bond donors (Lipinski definition) is 1. The lowest BCUT2D eigenvalue weighted by molar-refractivity contribution is -0.152. The minimum absolute atomic E-state index is 0.253. The Bertz CT molecular complexity index is 1020. The third kappa shape index (κ3) is 3.34. The van der Waals surface area contributed by atoms with E-state index in [0.29, 0.717) is 11.4 Å². The van der Waals surface area contributed by atoms with Gasteiger partial charge in [0.15, 0.2) is 0 Å². The zero-order valence-electron chi connectivity index (χ0n) is 17.2. The van der Waals surface area contributed by atoms with Gasteiger partial charge in [0.25, 0.3) is 0 Å². The number of esters is 1. The quantitative estimate of drug-likeness (QED) is 0.548. The molecule has 2 aliphatic rings. The molecule has 0 saturated carbocycles. The lowest BCUT2D eigenvalue weighted by Gasteiger charge is -2.32. The standard InChI is InChI=1S/C23H23FN2O4S/c1-30-22(29)23(12-13-31-2)18-17(19(25-23)15-10-6-7-11-16(15)24)20(27)26(21(18)28)14-8-4-3-5-9-14/h3-11,17-19,25H,12-13H2,1-2H3. The molecule has 8 heteroatoms. The van der Waals surface area contributed by atoms with E-state index in [0.717, 1.165) is 4.90 Å². The number of amides is 2. The number of thioether (sulfide) groups is 1. The van der Waals surface area contributed by atoms with Crippen LogP contribution in [0.15, 0.2) is 54.6 Å². The molecule has 2 saturated heterocycles. The fourth-order valence-electron chi connectivity index (χ4n) is 4.79. The van der Waals surface area contributed by atoms with Gasteiger partial charge in [-0.3, -0.25) is 19.7 Å². The second-order valence-corrected chi connectivity index (χ2v) is 8.69. The highest BCUT2D eigenvalue weighted by Gasteiger charge is 2.68. The molecule has 2 amide bonds. The van der Waals surface area contributed by atoms with Crippen LogP contribution in [0.5, 0.6) is 0 Å². The molecule has 0 radical (unpaired) electrons. The van der Waals surface area contributed by atoms with Crippen LogP contribution in [-0.2, 0) is 19.1 Å². The van der Waals surface area contributed by atoms with Crippen LogP contribution in [0, 0.1) is 17.7 Å². The van der Waals surface area contributed by atoms with Crippen LogP contribution in [0.2, 0.25) is 0 Å². The molecule has 2 fully saturated rings. The second kappa shape index (κ2) is 8.43. The van der Waals surface area contributed by atoms with Gasteiger partial charge in [-0.2, -0.15) is 11.8 Å². The van der Waals surface area contributed by atoms with Crippen LogP contribution in [0.4, 0.5) is 10.1 Å². The molecule has 0 aliphatic carbocycles. The van der Waals surface area contributed by atoms with E-state index in [9.17, 15) is 18.8 Å². The summed E-state index contributed by atoms with van der Waals surface area (Å²) in [5.74, 6) is -3.40. The van der Waals surface area contributed by atoms with Crippen molar-refractivity contribution in [1.29, 1.82) is 0 Å². The van der Waals surface area contributed by atoms with Gasteiger partial charge in [-0.25, -0.2) is 9.29 Å². The maximum Gasteiger partial charge on any atom is 0.326 e. The molecule has 2 aliphatic heterocycles. The molecule has 4 atom stereocenters. The summed E-state index contributed by atoms with van der Waals surface area (Å²) in [4.78, 5) is 41.4. The van der Waals surface area contributed by atoms with Crippen LogP contribution < -0.4 is 10.2 Å². The fourth-order valence-corrected chi connectivity index (χ4v) is 5.32. The van der Waals surface area contributed by atoms with Crippen molar-refractivity contribution < 1.29 is 23.5 Å². The Kier molecular flexibility index (Phi) is 5.85. The molecule has 2 aromatic rings. The van der Waals surface area contributed by atoms with Crippen molar-refractivity contribution in [2.24, 2.45) is 11.8 Å². The van der Waals surface area contributed by atoms with Crippen LogP contribution in [0.1, 0.15) is 18.0 Å². The molecule has 2 aromatic carbocycles. The van der Waals surface area contributed by atoms with Crippen LogP contribution in [-0.4, -0.2) is 42.4 Å². The summed E-state index contributed by atoms with van der Waals surface area (Å²) in [7, 11) is 1.26. The Morgan fingerprint density at radius 3 is 2.45 bits per heavy atom. The van der Waals surface area contributed by atoms with E-state index in [-0.39, 0.29) is 12.0 Å². The number of imide groups is 1. The zero-order chi connectivity index (χ0) is 22.2. The number of anilines is 1. The molecule has 4 rings (SSSR count). The number of ether oxygens (including phenoxy) is 1. The fraction of sp³-hybridized carbons (Fsp3) is 0.348. The van der Waals surface area contributed by atoms with Crippen molar-refractivity contribution in [3.63, 3.8) is 0 Å². The Balaban J connectivity index is 1.88. The summed E-state index contributed by atoms with van der Waals surface area (Å²) in [6.45, 7) is 0. The van der Waals surface area contributed by atoms with Gasteiger partial charge in [0, 0.05) is 11.6 Å². The van der Waals surface area contributed by atoms with Crippen LogP contribution in [0.25, 0.3) is 0 Å². The van der Waals surface area contributed by atoms with E-state index in [2.05, 4.69) is 5.32 Å². The average Bonchev–Trinajstić information content (AvgIpc) is 3.27. The maximum absolute atomic E-state index is 14.8. The number of nitrogens with zero attached hydrogens (tertiary/aromatic N) is 1. The van der Waals surface area contributed by atoms with Gasteiger partial charge < -0.3 is 4.74 Å². The first kappa shape index (κ1) is 21.5. The Morgan fingerprint density at radius 1 is 1.13 bits per heavy atom. The largest absolute Gasteiger partial charge is 0.468 e. The smallest absolute Gasteiger partial charge is 0.326 e. The van der Waals surface area contributed by atoms with E-state index >= 15 is 0 Å². The Hall–Kier alpha value is -2.71. The number of methoxy groups -OCH3 is 1. The summed E-state index contributed by atoms with van der Waals surface area (Å²) >= 11 is 1.52. The highest BCUT2D eigenvalue weighted by atomic mass is 32.2. The van der Waals surface area contributed by atoms with Crippen molar-refractivity contribution >= 4 is 35.2 Å². The number of carbonyl (C=O) groups is 3. The summed E-state index contributed by atoms with van der Waals surface area (Å²) in [6, 6.07) is 13.9. The maximum atomic E-state index is 14.8. The van der Waals surface area contributed by atoms with Crippen molar-refractivity contribution in [2.75, 3.05) is 24.0 Å². The minimum atomic E-state index is -1.42. The highest BCUT2D eigenvalue weighted by Crippen LogP contribution is 2.51. The minimum Gasteiger partial charge on any atom is -0.468 e. The molecule has 31 heavy (non-hydrogen) atoms. The predicted octanol–water partition coefficient (Wildman–Crippen LogP) is 2.94. The van der Waals surface area contributed by atoms with Gasteiger partial charge >= 0.3 is 5.97 Å². The van der Waals surface area contributed by atoms with E-state index in [1.807, 2.05) is 6.26 Å². The van der Waals surface area contributed by atoms with E-state index < -0.39 is 47.0 Å². The Labute approximate surface area is 184 Å². The molecule has 2 heterocycles. The first-order chi connectivity index (χ1) is 15.0. The molecule has 0 bridgehead atoms. The van der Waals surface area contributed by atoms with Crippen LogP contribution >= 0.6 is 11.8 Å². The third-order valence-electron chi connectivity index (χ3n) is 6.16. The lowest BCUT2D eigenvalue weighted by Crippen LogP contribution is -2.56. The number of fused-ring (bicyclic) bond motifs is 1. The summed E-state index contributed by atoms with van der Waals surface area (Å²) in [5, 5.41) is 3.19. The molecule has 1 N–H and O–H groups in total. The number of hydrogen-bond acceptors (Lipinski definition) is 6. The monoisotopic (exact) mass is 442 g/mol. The first-order valence-corrected chi connectivity index (χ1v) is 11.4. The number of rotatable bonds is 6. The molecule has 4 unspecified atom stereocenters. The normalized spacial score (nSPS) is 27.5. The van der Waals surface area contributed by atoms with Gasteiger partial charge in [0.2, 0.25) is 11.8 Å². The van der Waals surface area contributed by atoms with Crippen molar-refractivity contribution in [2.45, 2.75) is 18.0 Å². The number of para-hydroxylation sites is 1. The summed E-state index contributed by atoms with van der Waals surface area (Å²) in [5.41, 5.74) is -0.739. The number of carbonyl (C=O) groups excluding carboxylic acids is 3. The van der Waals surface area contributed by atoms with Crippen molar-refractivity contribution in [1.82, 2.24) is 5.32 Å². The number of benzene rings is 2. The van der Waals surface area contributed by atoms with Crippen molar-refractivity contribution in [3.8, 4) is 0 Å². The van der Waals surface area contributed by atoms with Gasteiger partial charge in [-0.15, -0.1) is 0 Å². The second-order valence-electron chi connectivity index (χ2n) is 7.70. The topological polar surface area (TPSA) is 75.7 Å². The van der Waals surface area contributed by atoms with E-state index in [1.165, 1.54) is 24.9 Å². The highest BCUT2D eigenvalue weighted by molar-refractivity contribution is 7.98. The zero-order valence-corrected chi connectivity index (χ0v) is 18.0. The molecule has 162 valence electrons. The molecular formula is C23H23FN2O4S. The SMILES string of the molecule is COC(=O)C1(CCSC)NC(c2ccccc2F)C2C(=O)N(c3ccccc3)C(=O)C21. The van der Waals surface area contributed by atoms with Gasteiger partial charge in [0.05, 0.1) is 24.6 Å². The predicted molar refractivity (Wildman–Crippen MR) is 116 cm³/mol. The molecule has 6 nitrogen and oxygen atoms in total. The molecule has 0 aromatic heterocycles. The average molecular weight is 443 g/mol. The number of nitrogens with one attached hydrogen (secondary N) is 1. The van der Waals surface area contributed by atoms with Crippen molar-refractivity contribution in [3.05, 3.63) is 66.0 Å². The van der Waals surface area contributed by atoms with Gasteiger partial charge in [-0.05, 0) is 36.6 Å². The lowest BCUT2D eigenvalue weighted by atomic mass is 9.78. The molecule has 0 spiro atoms. The molecular weight excluding hydrogens is 419 g/mol. The van der Waals surface area contributed by atoms with Gasteiger partial charge in [0.1, 0.15) is 11.4 Å². The van der Waals surface area contributed by atoms with Gasteiger partial charge in [-0.1, -0.05) is 36.4 Å². The van der Waals surface area contributed by atoms with Crippen LogP contribution in [0.3, 0.4) is 0 Å². The van der Waals surface area contributed by atoms with E-state index in [4.69, 9.17) is 4.74 Å². The Morgan fingerprint density at radius 2 is 1.81 bits per heavy atom. The number of halogens is 1. The summed E-state index contributed by atoms with van der Waals surface area (Å²) in [6.07, 6.45) is 2.16. The first-order valence-electron chi connectivity index (χ1n) is 9.98. The summed E-state index contributed by atoms with van der Waals surface area (Å²) < 4.78 is 19.9. The third-order valence-corrected chi connectivity index (χ3v) is 6.77. The van der Waals surface area contributed by atoms with E-state index in [1.54, 1.807) is 48.5 Å².